The van der Waals surface area contributed by atoms with E-state index in [4.69, 9.17) is 0 Å². The van der Waals surface area contributed by atoms with Gasteiger partial charge in [-0.25, -0.2) is 13.8 Å². The fraction of sp³-hybridized carbons (Fsp3) is 0.231. The lowest BCUT2D eigenvalue weighted by Crippen LogP contribution is -2.39. The van der Waals surface area contributed by atoms with Gasteiger partial charge >= 0.3 is 0 Å². The number of amides is 1. The summed E-state index contributed by atoms with van der Waals surface area (Å²) in [5, 5.41) is 3.98. The molecule has 8 heteroatoms. The molecule has 3 aromatic rings. The number of aryl methyl sites for hydroxylation is 4. The van der Waals surface area contributed by atoms with E-state index in [1.807, 2.05) is 74.5 Å². The fourth-order valence-corrected chi connectivity index (χ4v) is 5.81. The van der Waals surface area contributed by atoms with Crippen molar-refractivity contribution in [2.75, 3.05) is 6.54 Å². The fourth-order valence-electron chi connectivity index (χ4n) is 3.75. The number of carbonyl (C=O) groups excluding carboxylic acids is 1. The molecule has 0 saturated carbocycles. The molecule has 0 spiro atoms. The van der Waals surface area contributed by atoms with E-state index in [1.165, 1.54) is 10.5 Å². The van der Waals surface area contributed by atoms with Crippen molar-refractivity contribution in [2.45, 2.75) is 39.1 Å². The van der Waals surface area contributed by atoms with Crippen LogP contribution in [0.5, 0.6) is 0 Å². The number of hydrazone groups is 1. The van der Waals surface area contributed by atoms with Gasteiger partial charge < -0.3 is 0 Å². The molecule has 1 amide bonds. The Morgan fingerprint density at radius 3 is 2.12 bits per heavy atom. The summed E-state index contributed by atoms with van der Waals surface area (Å²) >= 11 is 3.37. The Bertz CT molecular complexity index is 1280. The van der Waals surface area contributed by atoms with Gasteiger partial charge in [-0.2, -0.15) is 9.41 Å². The number of nitrogens with zero attached hydrogens (tertiary/aromatic N) is 2. The van der Waals surface area contributed by atoms with E-state index in [1.54, 1.807) is 13.8 Å². The Kier molecular flexibility index (Phi) is 8.41. The van der Waals surface area contributed by atoms with Crippen LogP contribution < -0.4 is 5.43 Å². The molecule has 0 aliphatic carbocycles. The average molecular weight is 542 g/mol. The van der Waals surface area contributed by atoms with Crippen molar-refractivity contribution in [3.63, 3.8) is 0 Å². The molecule has 0 aliphatic rings. The van der Waals surface area contributed by atoms with Crippen molar-refractivity contribution in [1.82, 2.24) is 9.73 Å². The molecular formula is C26H28BrN3O3S. The van der Waals surface area contributed by atoms with Crippen LogP contribution in [0.4, 0.5) is 0 Å². The number of hydrogen-bond acceptors (Lipinski definition) is 4. The van der Waals surface area contributed by atoms with Crippen LogP contribution >= 0.6 is 15.9 Å². The molecule has 0 saturated heterocycles. The van der Waals surface area contributed by atoms with Crippen molar-refractivity contribution >= 4 is 38.1 Å². The maximum atomic E-state index is 13.7. The van der Waals surface area contributed by atoms with Gasteiger partial charge in [0.15, 0.2) is 0 Å². The molecule has 0 heterocycles. The number of sulfonamides is 1. The van der Waals surface area contributed by atoms with Crippen LogP contribution in [-0.4, -0.2) is 31.4 Å². The smallest absolute Gasteiger partial charge is 0.255 e. The molecule has 178 valence electrons. The number of hydrogen-bond donors (Lipinski definition) is 1. The third kappa shape index (κ3) is 6.62. The van der Waals surface area contributed by atoms with E-state index >= 15 is 0 Å². The second kappa shape index (κ2) is 11.1. The van der Waals surface area contributed by atoms with Crippen LogP contribution in [0.25, 0.3) is 0 Å². The summed E-state index contributed by atoms with van der Waals surface area (Å²) in [5.41, 5.74) is 7.41. The Balaban J connectivity index is 1.86. The molecule has 0 fully saturated rings. The van der Waals surface area contributed by atoms with E-state index in [0.717, 1.165) is 26.7 Å². The zero-order chi connectivity index (χ0) is 24.9. The van der Waals surface area contributed by atoms with Gasteiger partial charge in [0, 0.05) is 11.0 Å². The molecule has 0 radical (unpaired) electrons. The summed E-state index contributed by atoms with van der Waals surface area (Å²) in [7, 11) is -3.95. The summed E-state index contributed by atoms with van der Waals surface area (Å²) in [5.74, 6) is -0.522. The second-order valence-corrected chi connectivity index (χ2v) is 11.1. The number of rotatable bonds is 8. The van der Waals surface area contributed by atoms with Crippen LogP contribution in [0.15, 0.2) is 75.1 Å². The van der Waals surface area contributed by atoms with Crippen LogP contribution in [0.3, 0.4) is 0 Å². The molecule has 6 nitrogen and oxygen atoms in total. The van der Waals surface area contributed by atoms with Crippen molar-refractivity contribution in [2.24, 2.45) is 5.10 Å². The zero-order valence-electron chi connectivity index (χ0n) is 19.7. The van der Waals surface area contributed by atoms with E-state index in [0.29, 0.717) is 11.1 Å². The van der Waals surface area contributed by atoms with Gasteiger partial charge in [-0.15, -0.1) is 0 Å². The minimum Gasteiger partial charge on any atom is -0.272 e. The first-order valence-electron chi connectivity index (χ1n) is 10.8. The molecule has 3 aromatic carbocycles. The summed E-state index contributed by atoms with van der Waals surface area (Å²) < 4.78 is 29.6. The Hall–Kier alpha value is -2.81. The summed E-state index contributed by atoms with van der Waals surface area (Å²) in [6, 6.07) is 18.7. The third-order valence-corrected chi connectivity index (χ3v) is 7.90. The summed E-state index contributed by atoms with van der Waals surface area (Å²) in [4.78, 5) is 12.9. The minimum atomic E-state index is -3.95. The van der Waals surface area contributed by atoms with Crippen LogP contribution in [0, 0.1) is 27.7 Å². The Labute approximate surface area is 209 Å². The SMILES string of the molecule is Cc1ccc(CN(CC(=O)N/N=C/c2ccc(Br)cc2)S(=O)(=O)c2c(C)cc(C)cc2C)cc1. The molecular weight excluding hydrogens is 514 g/mol. The molecule has 0 aromatic heterocycles. The second-order valence-electron chi connectivity index (χ2n) is 8.33. The maximum Gasteiger partial charge on any atom is 0.255 e. The molecule has 0 unspecified atom stereocenters. The lowest BCUT2D eigenvalue weighted by Gasteiger charge is -2.24. The van der Waals surface area contributed by atoms with Crippen molar-refractivity contribution < 1.29 is 13.2 Å². The van der Waals surface area contributed by atoms with Gasteiger partial charge in [0.05, 0.1) is 17.7 Å². The van der Waals surface area contributed by atoms with Gasteiger partial charge in [0.1, 0.15) is 0 Å². The van der Waals surface area contributed by atoms with E-state index in [9.17, 15) is 13.2 Å². The van der Waals surface area contributed by atoms with Crippen molar-refractivity contribution in [3.05, 3.63) is 98.5 Å². The largest absolute Gasteiger partial charge is 0.272 e. The topological polar surface area (TPSA) is 78.8 Å². The van der Waals surface area contributed by atoms with E-state index < -0.39 is 15.9 Å². The van der Waals surface area contributed by atoms with Gasteiger partial charge in [-0.1, -0.05) is 75.6 Å². The number of nitrogens with one attached hydrogen (secondary N) is 1. The zero-order valence-corrected chi connectivity index (χ0v) is 22.1. The van der Waals surface area contributed by atoms with Crippen LogP contribution in [-0.2, 0) is 21.4 Å². The predicted molar refractivity (Wildman–Crippen MR) is 139 cm³/mol. The lowest BCUT2D eigenvalue weighted by molar-refractivity contribution is -0.121. The summed E-state index contributed by atoms with van der Waals surface area (Å²) in [6.45, 7) is 7.16. The third-order valence-electron chi connectivity index (χ3n) is 5.27. The molecule has 3 rings (SSSR count). The van der Waals surface area contributed by atoms with Gasteiger partial charge in [0.2, 0.25) is 10.0 Å². The van der Waals surface area contributed by atoms with E-state index in [2.05, 4.69) is 26.5 Å². The first-order chi connectivity index (χ1) is 16.1. The molecule has 34 heavy (non-hydrogen) atoms. The normalized spacial score (nSPS) is 11.8. The van der Waals surface area contributed by atoms with Gasteiger partial charge in [-0.05, 0) is 62.1 Å². The highest BCUT2D eigenvalue weighted by molar-refractivity contribution is 9.10. The number of benzene rings is 3. The van der Waals surface area contributed by atoms with Crippen molar-refractivity contribution in [3.8, 4) is 0 Å². The Morgan fingerprint density at radius 1 is 0.941 bits per heavy atom. The first kappa shape index (κ1) is 25.8. The predicted octanol–water partition coefficient (Wildman–Crippen LogP) is 5.02. The monoisotopic (exact) mass is 541 g/mol. The molecule has 0 bridgehead atoms. The average Bonchev–Trinajstić information content (AvgIpc) is 2.75. The first-order valence-corrected chi connectivity index (χ1v) is 13.0. The lowest BCUT2D eigenvalue weighted by atomic mass is 10.1. The molecule has 0 aliphatic heterocycles. The van der Waals surface area contributed by atoms with Crippen molar-refractivity contribution in [1.29, 1.82) is 0 Å². The quantitative estimate of drug-likeness (QED) is 0.321. The number of halogens is 1. The van der Waals surface area contributed by atoms with E-state index in [-0.39, 0.29) is 18.0 Å². The highest BCUT2D eigenvalue weighted by Gasteiger charge is 2.30. The molecule has 1 N–H and O–H groups in total. The highest BCUT2D eigenvalue weighted by atomic mass is 79.9. The van der Waals surface area contributed by atoms with Gasteiger partial charge in [-0.3, -0.25) is 4.79 Å². The maximum absolute atomic E-state index is 13.7. The minimum absolute atomic E-state index is 0.0687. The highest BCUT2D eigenvalue weighted by Crippen LogP contribution is 2.26. The standard InChI is InChI=1S/C26H28BrN3O3S/c1-18-5-7-23(8-6-18)16-30(34(32,33)26-20(3)13-19(2)14-21(26)4)17-25(31)29-28-15-22-9-11-24(27)12-10-22/h5-15H,16-17H2,1-4H3,(H,29,31)/b28-15+. The van der Waals surface area contributed by atoms with Crippen LogP contribution in [0.1, 0.15) is 33.4 Å². The summed E-state index contributed by atoms with van der Waals surface area (Å²) in [6.07, 6.45) is 1.51. The molecule has 0 atom stereocenters. The Morgan fingerprint density at radius 2 is 1.53 bits per heavy atom. The number of carbonyl (C=O) groups is 1. The van der Waals surface area contributed by atoms with Gasteiger partial charge in [0.25, 0.3) is 5.91 Å². The van der Waals surface area contributed by atoms with Crippen LogP contribution in [0.2, 0.25) is 0 Å².